The summed E-state index contributed by atoms with van der Waals surface area (Å²) in [5.41, 5.74) is 0. The largest absolute Gasteiger partial charge is 0.472 e. The summed E-state index contributed by atoms with van der Waals surface area (Å²) in [5, 5.41) is 11.0. The smallest absolute Gasteiger partial charge is 0.394 e. The number of phosphoric acid groups is 1. The number of carbonyl (C=O) groups is 1. The molecule has 0 saturated carbocycles. The third kappa shape index (κ3) is 19.9. The number of hydrogen-bond acceptors (Lipinski definition) is 9. The molecule has 0 aliphatic carbocycles. The zero-order valence-electron chi connectivity index (χ0n) is 15.8. The molecule has 162 valence electrons. The van der Waals surface area contributed by atoms with Crippen LogP contribution in [0.5, 0.6) is 0 Å². The van der Waals surface area contributed by atoms with Crippen LogP contribution in [0.1, 0.15) is 13.3 Å². The highest BCUT2D eigenvalue weighted by Crippen LogP contribution is 2.42. The van der Waals surface area contributed by atoms with Gasteiger partial charge in [-0.25, -0.2) is 4.57 Å². The molecular formula is C15H32NO10P. The number of aliphatic hydroxyl groups excluding tert-OH is 1. The molecule has 0 fully saturated rings. The molecule has 1 unspecified atom stereocenters. The standard InChI is InChI=1S/C15H32NO10P/c1-2-5-25-27(19,20)26-6-3-16-15(18)14-24-13-12-23-11-10-22-9-8-21-7-4-17/h17H,2-14H2,1H3,(H,16,18)(H,19,20). The number of nitrogens with one attached hydrogen (secondary N) is 1. The van der Waals surface area contributed by atoms with Crippen molar-refractivity contribution in [2.24, 2.45) is 0 Å². The Labute approximate surface area is 159 Å². The van der Waals surface area contributed by atoms with E-state index in [-0.39, 0.29) is 45.5 Å². The molecule has 0 aromatic heterocycles. The van der Waals surface area contributed by atoms with Crippen molar-refractivity contribution in [1.82, 2.24) is 5.32 Å². The number of rotatable bonds is 20. The van der Waals surface area contributed by atoms with Crippen LogP contribution in [0.25, 0.3) is 0 Å². The molecule has 0 aliphatic heterocycles. The highest BCUT2D eigenvalue weighted by molar-refractivity contribution is 7.47. The lowest BCUT2D eigenvalue weighted by Crippen LogP contribution is -2.31. The molecule has 12 heteroatoms. The summed E-state index contributed by atoms with van der Waals surface area (Å²) in [5.74, 6) is -0.368. The number of ether oxygens (including phenoxy) is 4. The molecule has 27 heavy (non-hydrogen) atoms. The van der Waals surface area contributed by atoms with E-state index >= 15 is 0 Å². The van der Waals surface area contributed by atoms with E-state index in [4.69, 9.17) is 24.1 Å². The van der Waals surface area contributed by atoms with Crippen LogP contribution in [0.4, 0.5) is 0 Å². The van der Waals surface area contributed by atoms with E-state index in [0.717, 1.165) is 0 Å². The Morgan fingerprint density at radius 2 is 1.37 bits per heavy atom. The molecule has 1 amide bonds. The van der Waals surface area contributed by atoms with E-state index in [1.807, 2.05) is 0 Å². The third-order valence-corrected chi connectivity index (χ3v) is 3.74. The fourth-order valence-corrected chi connectivity index (χ4v) is 2.35. The average Bonchev–Trinajstić information content (AvgIpc) is 2.64. The van der Waals surface area contributed by atoms with Crippen molar-refractivity contribution in [2.75, 3.05) is 79.2 Å². The minimum atomic E-state index is -4.04. The second-order valence-electron chi connectivity index (χ2n) is 5.10. The number of phosphoric ester groups is 1. The zero-order chi connectivity index (χ0) is 20.2. The van der Waals surface area contributed by atoms with Gasteiger partial charge in [-0.15, -0.1) is 0 Å². The minimum absolute atomic E-state index is 0.00629. The second-order valence-corrected chi connectivity index (χ2v) is 6.55. The first-order chi connectivity index (χ1) is 13.0. The monoisotopic (exact) mass is 417 g/mol. The van der Waals surface area contributed by atoms with Crippen molar-refractivity contribution >= 4 is 13.7 Å². The molecule has 0 aliphatic rings. The fraction of sp³-hybridized carbons (Fsp3) is 0.933. The normalized spacial score (nSPS) is 13.4. The number of carbonyl (C=O) groups excluding carboxylic acids is 1. The summed E-state index contributed by atoms with van der Waals surface area (Å²) in [6, 6.07) is 0. The molecule has 11 nitrogen and oxygen atoms in total. The minimum Gasteiger partial charge on any atom is -0.394 e. The summed E-state index contributed by atoms with van der Waals surface area (Å²) in [6.45, 7) is 4.24. The summed E-state index contributed by atoms with van der Waals surface area (Å²) in [6.07, 6.45) is 0.596. The Balaban J connectivity index is 3.34. The maximum absolute atomic E-state index is 11.5. The lowest BCUT2D eigenvalue weighted by Gasteiger charge is -2.12. The van der Waals surface area contributed by atoms with Gasteiger partial charge in [-0.1, -0.05) is 6.92 Å². The van der Waals surface area contributed by atoms with Crippen molar-refractivity contribution in [3.05, 3.63) is 0 Å². The van der Waals surface area contributed by atoms with Gasteiger partial charge in [0.1, 0.15) is 6.61 Å². The third-order valence-electron chi connectivity index (χ3n) is 2.72. The van der Waals surface area contributed by atoms with Crippen LogP contribution in [0.15, 0.2) is 0 Å². The van der Waals surface area contributed by atoms with Gasteiger partial charge in [0.05, 0.1) is 66.1 Å². The molecule has 0 spiro atoms. The Morgan fingerprint density at radius 1 is 0.852 bits per heavy atom. The van der Waals surface area contributed by atoms with E-state index in [1.165, 1.54) is 0 Å². The predicted octanol–water partition coefficient (Wildman–Crippen LogP) is -0.295. The van der Waals surface area contributed by atoms with E-state index in [1.54, 1.807) is 6.92 Å². The van der Waals surface area contributed by atoms with Crippen LogP contribution in [-0.2, 0) is 37.4 Å². The molecule has 0 saturated heterocycles. The van der Waals surface area contributed by atoms with Crippen molar-refractivity contribution in [1.29, 1.82) is 0 Å². The molecular weight excluding hydrogens is 385 g/mol. The maximum atomic E-state index is 11.5. The lowest BCUT2D eigenvalue weighted by molar-refractivity contribution is -0.126. The first kappa shape index (κ1) is 26.4. The summed E-state index contributed by atoms with van der Waals surface area (Å²) in [4.78, 5) is 20.8. The van der Waals surface area contributed by atoms with E-state index in [9.17, 15) is 14.3 Å². The van der Waals surface area contributed by atoms with E-state index in [0.29, 0.717) is 46.1 Å². The summed E-state index contributed by atoms with van der Waals surface area (Å²) >= 11 is 0. The molecule has 0 rings (SSSR count). The van der Waals surface area contributed by atoms with Gasteiger partial charge < -0.3 is 34.3 Å². The van der Waals surface area contributed by atoms with Crippen LogP contribution in [0.2, 0.25) is 0 Å². The highest BCUT2D eigenvalue weighted by Gasteiger charge is 2.19. The van der Waals surface area contributed by atoms with Crippen LogP contribution in [0, 0.1) is 0 Å². The first-order valence-corrected chi connectivity index (χ1v) is 10.3. The fourth-order valence-electron chi connectivity index (χ4n) is 1.54. The Kier molecular flexibility index (Phi) is 18.3. The first-order valence-electron chi connectivity index (χ1n) is 8.82. The molecule has 3 N–H and O–H groups in total. The van der Waals surface area contributed by atoms with Crippen LogP contribution < -0.4 is 5.32 Å². The van der Waals surface area contributed by atoms with Gasteiger partial charge in [0.15, 0.2) is 0 Å². The summed E-state index contributed by atoms with van der Waals surface area (Å²) < 4.78 is 41.3. The molecule has 0 radical (unpaired) electrons. The Bertz CT molecular complexity index is 399. The van der Waals surface area contributed by atoms with Gasteiger partial charge in [-0.05, 0) is 6.42 Å². The molecule has 0 bridgehead atoms. The number of hydrogen-bond donors (Lipinski definition) is 3. The lowest BCUT2D eigenvalue weighted by atomic mass is 10.5. The molecule has 0 aromatic carbocycles. The van der Waals surface area contributed by atoms with Crippen molar-refractivity contribution in [3.8, 4) is 0 Å². The zero-order valence-corrected chi connectivity index (χ0v) is 16.7. The van der Waals surface area contributed by atoms with Gasteiger partial charge in [-0.3, -0.25) is 13.8 Å². The van der Waals surface area contributed by atoms with Gasteiger partial charge in [0.2, 0.25) is 5.91 Å². The number of amides is 1. The van der Waals surface area contributed by atoms with Crippen molar-refractivity contribution in [3.63, 3.8) is 0 Å². The SMILES string of the molecule is CCCOP(=O)(O)OCCNC(=O)COCCOCCOCCOCCO. The number of aliphatic hydroxyl groups is 1. The molecule has 0 aromatic rings. The van der Waals surface area contributed by atoms with Gasteiger partial charge in [-0.2, -0.15) is 0 Å². The quantitative estimate of drug-likeness (QED) is 0.179. The van der Waals surface area contributed by atoms with Crippen molar-refractivity contribution < 1.29 is 47.4 Å². The van der Waals surface area contributed by atoms with E-state index < -0.39 is 7.82 Å². The summed E-state index contributed by atoms with van der Waals surface area (Å²) in [7, 11) is -4.04. The Hall–Kier alpha value is -0.620. The van der Waals surface area contributed by atoms with Gasteiger partial charge >= 0.3 is 7.82 Å². The van der Waals surface area contributed by atoms with Crippen molar-refractivity contribution in [2.45, 2.75) is 13.3 Å². The van der Waals surface area contributed by atoms with Crippen LogP contribution >= 0.6 is 7.82 Å². The highest BCUT2D eigenvalue weighted by atomic mass is 31.2. The van der Waals surface area contributed by atoms with E-state index in [2.05, 4.69) is 14.4 Å². The molecule has 0 heterocycles. The maximum Gasteiger partial charge on any atom is 0.472 e. The average molecular weight is 417 g/mol. The Morgan fingerprint density at radius 3 is 1.93 bits per heavy atom. The molecule has 1 atom stereocenters. The topological polar surface area (TPSA) is 142 Å². The second kappa shape index (κ2) is 18.7. The van der Waals surface area contributed by atoms with Crippen LogP contribution in [-0.4, -0.2) is 95.1 Å². The van der Waals surface area contributed by atoms with Gasteiger partial charge in [0.25, 0.3) is 0 Å². The van der Waals surface area contributed by atoms with Crippen LogP contribution in [0.3, 0.4) is 0 Å². The predicted molar refractivity (Wildman–Crippen MR) is 95.4 cm³/mol. The van der Waals surface area contributed by atoms with Gasteiger partial charge in [0, 0.05) is 6.54 Å².